The zero-order chi connectivity index (χ0) is 15.5. The van der Waals surface area contributed by atoms with Crippen molar-refractivity contribution in [2.45, 2.75) is 57.9 Å². The molecule has 1 saturated carbocycles. The van der Waals surface area contributed by atoms with E-state index < -0.39 is 0 Å². The number of aliphatic hydroxyl groups is 1. The standard InChI is InChI=1S/C18H27NO2/c1-18(2,3)15-8-6-14(7-9-15)17(21)19-16-10-4-13(12-20)5-11-16/h6-9,13,16,20H,4-5,10-12H2,1-3H3,(H,19,21). The third kappa shape index (κ3) is 4.31. The van der Waals surface area contributed by atoms with E-state index in [1.165, 1.54) is 5.56 Å². The van der Waals surface area contributed by atoms with Gasteiger partial charge in [0, 0.05) is 18.2 Å². The molecule has 0 unspecified atom stereocenters. The highest BCUT2D eigenvalue weighted by atomic mass is 16.3. The number of aliphatic hydroxyl groups excluding tert-OH is 1. The van der Waals surface area contributed by atoms with E-state index in [1.807, 2.05) is 24.3 Å². The first-order chi connectivity index (χ1) is 9.90. The van der Waals surface area contributed by atoms with E-state index in [9.17, 15) is 4.79 Å². The van der Waals surface area contributed by atoms with Crippen LogP contribution in [0.5, 0.6) is 0 Å². The molecule has 1 aromatic carbocycles. The predicted octanol–water partition coefficient (Wildman–Crippen LogP) is 3.27. The summed E-state index contributed by atoms with van der Waals surface area (Å²) in [7, 11) is 0. The zero-order valence-corrected chi connectivity index (χ0v) is 13.4. The van der Waals surface area contributed by atoms with Gasteiger partial charge in [-0.25, -0.2) is 0 Å². The van der Waals surface area contributed by atoms with E-state index in [0.717, 1.165) is 31.2 Å². The Morgan fingerprint density at radius 3 is 2.19 bits per heavy atom. The number of nitrogens with one attached hydrogen (secondary N) is 1. The van der Waals surface area contributed by atoms with E-state index in [4.69, 9.17) is 5.11 Å². The summed E-state index contributed by atoms with van der Waals surface area (Å²) in [6, 6.07) is 8.15. The highest BCUT2D eigenvalue weighted by Gasteiger charge is 2.22. The molecule has 0 aliphatic heterocycles. The number of hydrogen-bond donors (Lipinski definition) is 2. The topological polar surface area (TPSA) is 49.3 Å². The van der Waals surface area contributed by atoms with Gasteiger partial charge in [-0.2, -0.15) is 0 Å². The zero-order valence-electron chi connectivity index (χ0n) is 13.4. The molecule has 2 rings (SSSR count). The van der Waals surface area contributed by atoms with Crippen molar-refractivity contribution in [3.05, 3.63) is 35.4 Å². The fraction of sp³-hybridized carbons (Fsp3) is 0.611. The van der Waals surface area contributed by atoms with Crippen LogP contribution in [0.4, 0.5) is 0 Å². The van der Waals surface area contributed by atoms with Crippen LogP contribution in [0, 0.1) is 5.92 Å². The van der Waals surface area contributed by atoms with Crippen molar-refractivity contribution in [2.75, 3.05) is 6.61 Å². The van der Waals surface area contributed by atoms with Crippen molar-refractivity contribution < 1.29 is 9.90 Å². The Morgan fingerprint density at radius 2 is 1.71 bits per heavy atom. The molecule has 0 bridgehead atoms. The SMILES string of the molecule is CC(C)(C)c1ccc(C(=O)NC2CCC(CO)CC2)cc1. The number of carbonyl (C=O) groups excluding carboxylic acids is 1. The third-order valence-corrected chi connectivity index (χ3v) is 4.45. The van der Waals surface area contributed by atoms with Crippen LogP contribution in [0.2, 0.25) is 0 Å². The highest BCUT2D eigenvalue weighted by Crippen LogP contribution is 2.25. The van der Waals surface area contributed by atoms with Crippen LogP contribution in [0.3, 0.4) is 0 Å². The van der Waals surface area contributed by atoms with Gasteiger partial charge in [-0.3, -0.25) is 4.79 Å². The number of benzene rings is 1. The van der Waals surface area contributed by atoms with E-state index in [-0.39, 0.29) is 24.0 Å². The molecule has 0 heterocycles. The lowest BCUT2D eigenvalue weighted by atomic mass is 9.86. The lowest BCUT2D eigenvalue weighted by Crippen LogP contribution is -2.38. The fourth-order valence-corrected chi connectivity index (χ4v) is 2.88. The molecule has 116 valence electrons. The molecule has 3 heteroatoms. The van der Waals surface area contributed by atoms with Crippen LogP contribution < -0.4 is 5.32 Å². The van der Waals surface area contributed by atoms with Crippen LogP contribution in [0.1, 0.15) is 62.4 Å². The number of rotatable bonds is 3. The predicted molar refractivity (Wildman–Crippen MR) is 85.4 cm³/mol. The summed E-state index contributed by atoms with van der Waals surface area (Å²) in [6.45, 7) is 6.78. The summed E-state index contributed by atoms with van der Waals surface area (Å²) in [4.78, 5) is 12.3. The lowest BCUT2D eigenvalue weighted by Gasteiger charge is -2.28. The maximum Gasteiger partial charge on any atom is 0.251 e. The normalized spacial score (nSPS) is 22.9. The maximum absolute atomic E-state index is 12.3. The monoisotopic (exact) mass is 289 g/mol. The Bertz CT molecular complexity index is 465. The van der Waals surface area contributed by atoms with Crippen LogP contribution >= 0.6 is 0 Å². The van der Waals surface area contributed by atoms with E-state index in [0.29, 0.717) is 5.92 Å². The Balaban J connectivity index is 1.92. The second kappa shape index (κ2) is 6.61. The van der Waals surface area contributed by atoms with E-state index >= 15 is 0 Å². The van der Waals surface area contributed by atoms with Crippen molar-refractivity contribution in [1.29, 1.82) is 0 Å². The van der Waals surface area contributed by atoms with Gasteiger partial charge in [0.25, 0.3) is 5.91 Å². The maximum atomic E-state index is 12.3. The Morgan fingerprint density at radius 1 is 1.14 bits per heavy atom. The summed E-state index contributed by atoms with van der Waals surface area (Å²) in [5.41, 5.74) is 2.08. The summed E-state index contributed by atoms with van der Waals surface area (Å²) >= 11 is 0. The largest absolute Gasteiger partial charge is 0.396 e. The molecule has 0 aromatic heterocycles. The summed E-state index contributed by atoms with van der Waals surface area (Å²) < 4.78 is 0. The van der Waals surface area contributed by atoms with Gasteiger partial charge in [-0.1, -0.05) is 32.9 Å². The summed E-state index contributed by atoms with van der Waals surface area (Å²) in [5.74, 6) is 0.437. The van der Waals surface area contributed by atoms with Crippen LogP contribution in [0.25, 0.3) is 0 Å². The van der Waals surface area contributed by atoms with Crippen LogP contribution in [-0.4, -0.2) is 23.7 Å². The van der Waals surface area contributed by atoms with Crippen molar-refractivity contribution in [3.8, 4) is 0 Å². The molecule has 2 N–H and O–H groups in total. The second-order valence-electron chi connectivity index (χ2n) is 7.20. The van der Waals surface area contributed by atoms with Gasteiger partial charge in [0.05, 0.1) is 0 Å². The highest BCUT2D eigenvalue weighted by molar-refractivity contribution is 5.94. The number of hydrogen-bond acceptors (Lipinski definition) is 2. The summed E-state index contributed by atoms with van der Waals surface area (Å²) in [5, 5.41) is 12.3. The molecule has 0 atom stereocenters. The molecule has 1 amide bonds. The Kier molecular flexibility index (Phi) is 5.04. The molecule has 0 spiro atoms. The number of carbonyl (C=O) groups is 1. The summed E-state index contributed by atoms with van der Waals surface area (Å²) in [6.07, 6.45) is 3.95. The second-order valence-corrected chi connectivity index (χ2v) is 7.20. The molecule has 1 fully saturated rings. The van der Waals surface area contributed by atoms with Crippen molar-refractivity contribution in [3.63, 3.8) is 0 Å². The van der Waals surface area contributed by atoms with E-state index in [1.54, 1.807) is 0 Å². The number of amides is 1. The Hall–Kier alpha value is -1.35. The minimum Gasteiger partial charge on any atom is -0.396 e. The molecule has 1 aromatic rings. The third-order valence-electron chi connectivity index (χ3n) is 4.45. The minimum absolute atomic E-state index is 0.0166. The quantitative estimate of drug-likeness (QED) is 0.897. The van der Waals surface area contributed by atoms with Crippen molar-refractivity contribution >= 4 is 5.91 Å². The van der Waals surface area contributed by atoms with Crippen LogP contribution in [0.15, 0.2) is 24.3 Å². The van der Waals surface area contributed by atoms with Gasteiger partial charge >= 0.3 is 0 Å². The minimum atomic E-state index is 0.0166. The van der Waals surface area contributed by atoms with Crippen LogP contribution in [-0.2, 0) is 5.41 Å². The van der Waals surface area contributed by atoms with E-state index in [2.05, 4.69) is 26.1 Å². The Labute approximate surface area is 127 Å². The van der Waals surface area contributed by atoms with Crippen molar-refractivity contribution in [1.82, 2.24) is 5.32 Å². The molecule has 1 aliphatic carbocycles. The average Bonchev–Trinajstić information content (AvgIpc) is 2.47. The average molecular weight is 289 g/mol. The van der Waals surface area contributed by atoms with Gasteiger partial charge in [0.2, 0.25) is 0 Å². The smallest absolute Gasteiger partial charge is 0.251 e. The van der Waals surface area contributed by atoms with Crippen molar-refractivity contribution in [2.24, 2.45) is 5.92 Å². The first-order valence-corrected chi connectivity index (χ1v) is 7.92. The molecule has 21 heavy (non-hydrogen) atoms. The molecule has 1 aliphatic rings. The van der Waals surface area contributed by atoms with Gasteiger partial charge in [0.1, 0.15) is 0 Å². The molecule has 0 saturated heterocycles. The van der Waals surface area contributed by atoms with Gasteiger partial charge in [0.15, 0.2) is 0 Å². The molecule has 0 radical (unpaired) electrons. The van der Waals surface area contributed by atoms with Gasteiger partial charge in [-0.15, -0.1) is 0 Å². The first-order valence-electron chi connectivity index (χ1n) is 7.92. The molecular weight excluding hydrogens is 262 g/mol. The molecular formula is C18H27NO2. The first kappa shape index (κ1) is 16.0. The fourth-order valence-electron chi connectivity index (χ4n) is 2.88. The lowest BCUT2D eigenvalue weighted by molar-refractivity contribution is 0.0914. The van der Waals surface area contributed by atoms with Gasteiger partial charge in [-0.05, 0) is 54.7 Å². The van der Waals surface area contributed by atoms with Gasteiger partial charge < -0.3 is 10.4 Å². The molecule has 3 nitrogen and oxygen atoms in total.